The summed E-state index contributed by atoms with van der Waals surface area (Å²) in [7, 11) is 0. The van der Waals surface area contributed by atoms with Crippen LogP contribution >= 0.6 is 0 Å². The quantitative estimate of drug-likeness (QED) is 0.494. The number of rotatable bonds is 9. The normalized spacial score (nSPS) is 11.5. The molecular weight excluding hydrogens is 404 g/mol. The van der Waals surface area contributed by atoms with Crippen LogP contribution in [0.3, 0.4) is 0 Å². The van der Waals surface area contributed by atoms with Gasteiger partial charge in [0, 0.05) is 25.3 Å². The van der Waals surface area contributed by atoms with Gasteiger partial charge in [0.25, 0.3) is 5.91 Å². The molecule has 2 aromatic carbocycles. The number of nitrogens with zero attached hydrogens (tertiary/aromatic N) is 2. The number of aryl methyl sites for hydroxylation is 1. The van der Waals surface area contributed by atoms with Crippen molar-refractivity contribution in [2.75, 3.05) is 25.1 Å². The minimum atomic E-state index is -0.328. The number of nitrogens with one attached hydrogen (secondary N) is 2. The number of benzene rings is 2. The van der Waals surface area contributed by atoms with Crippen LogP contribution in [0.2, 0.25) is 0 Å². The van der Waals surface area contributed by atoms with E-state index in [1.165, 1.54) is 0 Å². The second-order valence-corrected chi connectivity index (χ2v) is 8.68. The Kier molecular flexibility index (Phi) is 7.64. The zero-order chi connectivity index (χ0) is 23.1. The molecule has 2 N–H and O–H groups in total. The average molecular weight is 437 g/mol. The fourth-order valence-electron chi connectivity index (χ4n) is 3.42. The Morgan fingerprint density at radius 1 is 1.06 bits per heavy atom. The second-order valence-electron chi connectivity index (χ2n) is 8.68. The predicted octanol–water partition coefficient (Wildman–Crippen LogP) is 4.13. The maximum absolute atomic E-state index is 12.5. The van der Waals surface area contributed by atoms with Crippen molar-refractivity contribution in [3.8, 4) is 0 Å². The largest absolute Gasteiger partial charge is 0.382 e. The number of hydrogen-bond acceptors (Lipinski definition) is 4. The maximum Gasteiger partial charge on any atom is 0.251 e. The first-order valence-electron chi connectivity index (χ1n) is 11.0. The number of imidazole rings is 1. The SMILES string of the molecule is CCOCCCn1c(NC(=O)CNC(=O)c2ccc(C(C)(C)C)cc2)nc2ccccc21. The molecule has 1 heterocycles. The summed E-state index contributed by atoms with van der Waals surface area (Å²) in [5, 5.41) is 5.52. The first-order chi connectivity index (χ1) is 15.3. The summed E-state index contributed by atoms with van der Waals surface area (Å²) in [6, 6.07) is 15.2. The molecule has 0 radical (unpaired) electrons. The van der Waals surface area contributed by atoms with Crippen molar-refractivity contribution in [1.82, 2.24) is 14.9 Å². The maximum atomic E-state index is 12.5. The van der Waals surface area contributed by atoms with Crippen LogP contribution in [-0.4, -0.2) is 41.1 Å². The summed E-state index contributed by atoms with van der Waals surface area (Å²) in [4.78, 5) is 29.5. The van der Waals surface area contributed by atoms with Crippen LogP contribution in [0.4, 0.5) is 5.95 Å². The monoisotopic (exact) mass is 436 g/mol. The molecule has 2 amide bonds. The van der Waals surface area contributed by atoms with Gasteiger partial charge in [0.15, 0.2) is 0 Å². The number of carbonyl (C=O) groups is 2. The van der Waals surface area contributed by atoms with Gasteiger partial charge < -0.3 is 14.6 Å². The highest BCUT2D eigenvalue weighted by atomic mass is 16.5. The Labute approximate surface area is 189 Å². The fourth-order valence-corrected chi connectivity index (χ4v) is 3.42. The summed E-state index contributed by atoms with van der Waals surface area (Å²) >= 11 is 0. The molecule has 7 heteroatoms. The molecule has 0 spiro atoms. The topological polar surface area (TPSA) is 85.2 Å². The summed E-state index contributed by atoms with van der Waals surface area (Å²) < 4.78 is 7.40. The zero-order valence-corrected chi connectivity index (χ0v) is 19.3. The van der Waals surface area contributed by atoms with Crippen molar-refractivity contribution in [2.45, 2.75) is 46.1 Å². The van der Waals surface area contributed by atoms with Crippen LogP contribution in [0, 0.1) is 0 Å². The van der Waals surface area contributed by atoms with Gasteiger partial charge in [-0.15, -0.1) is 0 Å². The Morgan fingerprint density at radius 2 is 1.78 bits per heavy atom. The van der Waals surface area contributed by atoms with Gasteiger partial charge in [0.05, 0.1) is 17.6 Å². The van der Waals surface area contributed by atoms with Crippen LogP contribution in [-0.2, 0) is 21.5 Å². The number of para-hydroxylation sites is 2. The number of aromatic nitrogens is 2. The molecule has 0 fully saturated rings. The molecule has 7 nitrogen and oxygen atoms in total. The van der Waals surface area contributed by atoms with E-state index in [0.29, 0.717) is 31.3 Å². The van der Waals surface area contributed by atoms with Crippen molar-refractivity contribution >= 4 is 28.8 Å². The van der Waals surface area contributed by atoms with Crippen LogP contribution in [0.1, 0.15) is 50.0 Å². The fraction of sp³-hybridized carbons (Fsp3) is 0.400. The van der Waals surface area contributed by atoms with E-state index < -0.39 is 0 Å². The molecule has 0 aliphatic heterocycles. The summed E-state index contributed by atoms with van der Waals surface area (Å²) in [5.74, 6) is -0.145. The standard InChI is InChI=1S/C25H32N4O3/c1-5-32-16-8-15-29-21-10-7-6-9-20(21)27-24(29)28-22(30)17-26-23(31)18-11-13-19(14-12-18)25(2,3)4/h6-7,9-14H,5,8,15-17H2,1-4H3,(H,26,31)(H,27,28,30). The van der Waals surface area contributed by atoms with Gasteiger partial charge in [-0.2, -0.15) is 0 Å². The molecule has 0 aliphatic rings. The molecule has 0 unspecified atom stereocenters. The summed E-state index contributed by atoms with van der Waals surface area (Å²) in [6.07, 6.45) is 0.804. The van der Waals surface area contributed by atoms with Crippen molar-refractivity contribution in [3.63, 3.8) is 0 Å². The third-order valence-electron chi connectivity index (χ3n) is 5.20. The number of fused-ring (bicyclic) bond motifs is 1. The molecule has 0 atom stereocenters. The van der Waals surface area contributed by atoms with E-state index in [1.807, 2.05) is 47.9 Å². The van der Waals surface area contributed by atoms with Crippen molar-refractivity contribution < 1.29 is 14.3 Å². The van der Waals surface area contributed by atoms with Gasteiger partial charge in [-0.25, -0.2) is 4.98 Å². The van der Waals surface area contributed by atoms with Gasteiger partial charge in [-0.1, -0.05) is 45.0 Å². The Hall–Kier alpha value is -3.19. The summed E-state index contributed by atoms with van der Waals surface area (Å²) in [6.45, 7) is 10.2. The molecule has 0 saturated heterocycles. The highest BCUT2D eigenvalue weighted by molar-refractivity contribution is 5.99. The summed E-state index contributed by atoms with van der Waals surface area (Å²) in [5.41, 5.74) is 3.44. The highest BCUT2D eigenvalue weighted by Crippen LogP contribution is 2.22. The minimum absolute atomic E-state index is 0.0169. The van der Waals surface area contributed by atoms with E-state index in [2.05, 4.69) is 36.4 Å². The molecular formula is C25H32N4O3. The lowest BCUT2D eigenvalue weighted by atomic mass is 9.87. The van der Waals surface area contributed by atoms with Crippen LogP contribution in [0.15, 0.2) is 48.5 Å². The number of anilines is 1. The van der Waals surface area contributed by atoms with E-state index in [4.69, 9.17) is 4.74 Å². The van der Waals surface area contributed by atoms with E-state index in [9.17, 15) is 9.59 Å². The molecule has 0 saturated carbocycles. The average Bonchev–Trinajstić information content (AvgIpc) is 3.11. The first-order valence-corrected chi connectivity index (χ1v) is 11.0. The van der Waals surface area contributed by atoms with E-state index in [-0.39, 0.29) is 23.8 Å². The lowest BCUT2D eigenvalue weighted by Crippen LogP contribution is -2.33. The van der Waals surface area contributed by atoms with Crippen LogP contribution in [0.25, 0.3) is 11.0 Å². The third-order valence-corrected chi connectivity index (χ3v) is 5.20. The lowest BCUT2D eigenvalue weighted by molar-refractivity contribution is -0.115. The van der Waals surface area contributed by atoms with Gasteiger partial charge in [0.2, 0.25) is 11.9 Å². The van der Waals surface area contributed by atoms with Gasteiger partial charge >= 0.3 is 0 Å². The van der Waals surface area contributed by atoms with E-state index in [1.54, 1.807) is 12.1 Å². The first kappa shape index (κ1) is 23.5. The number of hydrogen-bond donors (Lipinski definition) is 2. The van der Waals surface area contributed by atoms with Gasteiger partial charge in [-0.3, -0.25) is 14.9 Å². The van der Waals surface area contributed by atoms with E-state index in [0.717, 1.165) is 23.0 Å². The number of amides is 2. The lowest BCUT2D eigenvalue weighted by Gasteiger charge is -2.19. The molecule has 32 heavy (non-hydrogen) atoms. The van der Waals surface area contributed by atoms with Crippen LogP contribution < -0.4 is 10.6 Å². The van der Waals surface area contributed by atoms with Gasteiger partial charge in [0.1, 0.15) is 0 Å². The smallest absolute Gasteiger partial charge is 0.251 e. The highest BCUT2D eigenvalue weighted by Gasteiger charge is 2.16. The van der Waals surface area contributed by atoms with Gasteiger partial charge in [-0.05, 0) is 48.6 Å². The van der Waals surface area contributed by atoms with Crippen LogP contribution in [0.5, 0.6) is 0 Å². The van der Waals surface area contributed by atoms with Crippen molar-refractivity contribution in [3.05, 3.63) is 59.7 Å². The Morgan fingerprint density at radius 3 is 2.47 bits per heavy atom. The molecule has 0 aliphatic carbocycles. The van der Waals surface area contributed by atoms with Crippen molar-refractivity contribution in [2.24, 2.45) is 0 Å². The molecule has 3 rings (SSSR count). The number of carbonyl (C=O) groups excluding carboxylic acids is 2. The number of ether oxygens (including phenoxy) is 1. The minimum Gasteiger partial charge on any atom is -0.382 e. The molecule has 1 aromatic heterocycles. The molecule has 170 valence electrons. The molecule has 3 aromatic rings. The van der Waals surface area contributed by atoms with Crippen molar-refractivity contribution in [1.29, 1.82) is 0 Å². The van der Waals surface area contributed by atoms with E-state index >= 15 is 0 Å². The Balaban J connectivity index is 1.62. The third kappa shape index (κ3) is 5.95. The Bertz CT molecular complexity index is 1060. The zero-order valence-electron chi connectivity index (χ0n) is 19.3. The second kappa shape index (κ2) is 10.4. The predicted molar refractivity (Wildman–Crippen MR) is 127 cm³/mol. The molecule has 0 bridgehead atoms.